The summed E-state index contributed by atoms with van der Waals surface area (Å²) in [7, 11) is 0. The molecular formula is C12H17ClN2. The first-order valence-electron chi connectivity index (χ1n) is 5.41. The molecule has 1 aliphatic rings. The summed E-state index contributed by atoms with van der Waals surface area (Å²) in [6.45, 7) is 5.06. The van der Waals surface area contributed by atoms with Crippen LogP contribution in [0.5, 0.6) is 0 Å². The van der Waals surface area contributed by atoms with E-state index in [1.165, 1.54) is 11.1 Å². The molecule has 1 aromatic carbocycles. The first kappa shape index (κ1) is 10.9. The number of nitrogens with two attached hydrogens (primary N) is 1. The molecule has 1 atom stereocenters. The molecule has 1 aliphatic heterocycles. The predicted octanol–water partition coefficient (Wildman–Crippen LogP) is 2.05. The molecule has 0 saturated heterocycles. The van der Waals surface area contributed by atoms with Crippen LogP contribution in [0.4, 0.5) is 0 Å². The molecule has 0 spiro atoms. The standard InChI is InChI=1S/C12H17ClN2/c1-9(14)7-15-6-5-11-10(8-15)3-2-4-12(11)13/h2-4,9H,5-8,14H2,1H3. The molecule has 0 bridgehead atoms. The van der Waals surface area contributed by atoms with Crippen molar-refractivity contribution < 1.29 is 0 Å². The minimum Gasteiger partial charge on any atom is -0.327 e. The van der Waals surface area contributed by atoms with E-state index in [9.17, 15) is 0 Å². The summed E-state index contributed by atoms with van der Waals surface area (Å²) in [4.78, 5) is 2.39. The van der Waals surface area contributed by atoms with Crippen LogP contribution in [0.15, 0.2) is 18.2 Å². The normalized spacial score (nSPS) is 18.6. The Balaban J connectivity index is 2.13. The fourth-order valence-corrected chi connectivity index (χ4v) is 2.47. The average Bonchev–Trinajstić information content (AvgIpc) is 2.17. The van der Waals surface area contributed by atoms with Gasteiger partial charge in [0.05, 0.1) is 0 Å². The van der Waals surface area contributed by atoms with Crippen LogP contribution in [0.1, 0.15) is 18.1 Å². The minimum absolute atomic E-state index is 0.241. The van der Waals surface area contributed by atoms with Gasteiger partial charge in [0.25, 0.3) is 0 Å². The van der Waals surface area contributed by atoms with Gasteiger partial charge in [0.2, 0.25) is 0 Å². The molecule has 0 amide bonds. The van der Waals surface area contributed by atoms with Crippen molar-refractivity contribution in [3.8, 4) is 0 Å². The van der Waals surface area contributed by atoms with Crippen molar-refractivity contribution in [3.63, 3.8) is 0 Å². The monoisotopic (exact) mass is 224 g/mol. The molecule has 0 aliphatic carbocycles. The molecule has 82 valence electrons. The van der Waals surface area contributed by atoms with Crippen molar-refractivity contribution in [2.75, 3.05) is 13.1 Å². The van der Waals surface area contributed by atoms with E-state index in [1.54, 1.807) is 0 Å². The Kier molecular flexibility index (Phi) is 3.29. The maximum atomic E-state index is 6.15. The lowest BCUT2D eigenvalue weighted by Crippen LogP contribution is -2.38. The van der Waals surface area contributed by atoms with Gasteiger partial charge in [0.15, 0.2) is 0 Å². The highest BCUT2D eigenvalue weighted by Crippen LogP contribution is 2.25. The summed E-state index contributed by atoms with van der Waals surface area (Å²) in [5, 5.41) is 0.910. The highest BCUT2D eigenvalue weighted by atomic mass is 35.5. The van der Waals surface area contributed by atoms with Crippen LogP contribution in [0, 0.1) is 0 Å². The number of benzene rings is 1. The van der Waals surface area contributed by atoms with Crippen molar-refractivity contribution in [2.45, 2.75) is 25.9 Å². The van der Waals surface area contributed by atoms with Crippen LogP contribution < -0.4 is 5.73 Å². The summed E-state index contributed by atoms with van der Waals surface area (Å²) >= 11 is 6.15. The molecule has 1 heterocycles. The van der Waals surface area contributed by atoms with Gasteiger partial charge in [0.1, 0.15) is 0 Å². The van der Waals surface area contributed by atoms with E-state index in [-0.39, 0.29) is 6.04 Å². The molecule has 15 heavy (non-hydrogen) atoms. The molecule has 0 fully saturated rings. The van der Waals surface area contributed by atoms with Gasteiger partial charge in [-0.25, -0.2) is 0 Å². The summed E-state index contributed by atoms with van der Waals surface area (Å²) in [5.74, 6) is 0. The van der Waals surface area contributed by atoms with Crippen LogP contribution in [0.3, 0.4) is 0 Å². The molecule has 2 N–H and O–H groups in total. The Morgan fingerprint density at radius 3 is 3.07 bits per heavy atom. The molecule has 0 aromatic heterocycles. The first-order chi connectivity index (χ1) is 7.16. The quantitative estimate of drug-likeness (QED) is 0.833. The maximum absolute atomic E-state index is 6.15. The zero-order valence-electron chi connectivity index (χ0n) is 9.04. The fourth-order valence-electron chi connectivity index (χ4n) is 2.18. The van der Waals surface area contributed by atoms with Gasteiger partial charge in [-0.05, 0) is 30.5 Å². The lowest BCUT2D eigenvalue weighted by Gasteiger charge is -2.30. The predicted molar refractivity (Wildman–Crippen MR) is 64.1 cm³/mol. The number of halogens is 1. The van der Waals surface area contributed by atoms with Crippen LogP contribution >= 0.6 is 11.6 Å². The summed E-state index contributed by atoms with van der Waals surface area (Å²) in [6, 6.07) is 6.40. The van der Waals surface area contributed by atoms with E-state index in [2.05, 4.69) is 11.0 Å². The second-order valence-corrected chi connectivity index (χ2v) is 4.75. The number of nitrogens with zero attached hydrogens (tertiary/aromatic N) is 1. The Morgan fingerprint density at radius 1 is 1.53 bits per heavy atom. The van der Waals surface area contributed by atoms with Gasteiger partial charge in [-0.3, -0.25) is 4.90 Å². The Labute approximate surface area is 96.0 Å². The average molecular weight is 225 g/mol. The smallest absolute Gasteiger partial charge is 0.0441 e. The van der Waals surface area contributed by atoms with E-state index >= 15 is 0 Å². The van der Waals surface area contributed by atoms with Crippen molar-refractivity contribution in [1.82, 2.24) is 4.90 Å². The third-order valence-corrected chi connectivity index (χ3v) is 3.19. The van der Waals surface area contributed by atoms with Gasteiger partial charge in [-0.15, -0.1) is 0 Å². The van der Waals surface area contributed by atoms with E-state index in [0.29, 0.717) is 0 Å². The highest BCUT2D eigenvalue weighted by molar-refractivity contribution is 6.31. The van der Waals surface area contributed by atoms with Crippen molar-refractivity contribution in [2.24, 2.45) is 5.73 Å². The minimum atomic E-state index is 0.241. The number of hydrogen-bond acceptors (Lipinski definition) is 2. The van der Waals surface area contributed by atoms with Gasteiger partial charge in [-0.2, -0.15) is 0 Å². The largest absolute Gasteiger partial charge is 0.327 e. The molecular weight excluding hydrogens is 208 g/mol. The molecule has 0 radical (unpaired) electrons. The van der Waals surface area contributed by atoms with Gasteiger partial charge >= 0.3 is 0 Å². The lowest BCUT2D eigenvalue weighted by molar-refractivity contribution is 0.242. The molecule has 1 unspecified atom stereocenters. The topological polar surface area (TPSA) is 29.3 Å². The number of hydrogen-bond donors (Lipinski definition) is 1. The zero-order valence-corrected chi connectivity index (χ0v) is 9.80. The Hall–Kier alpha value is -0.570. The third-order valence-electron chi connectivity index (χ3n) is 2.83. The summed E-state index contributed by atoms with van der Waals surface area (Å²) in [6.07, 6.45) is 1.04. The highest BCUT2D eigenvalue weighted by Gasteiger charge is 2.18. The van der Waals surface area contributed by atoms with E-state index < -0.39 is 0 Å². The van der Waals surface area contributed by atoms with Gasteiger partial charge in [-0.1, -0.05) is 23.7 Å². The van der Waals surface area contributed by atoms with E-state index in [4.69, 9.17) is 17.3 Å². The lowest BCUT2D eigenvalue weighted by atomic mass is 9.99. The zero-order chi connectivity index (χ0) is 10.8. The van der Waals surface area contributed by atoms with Crippen molar-refractivity contribution >= 4 is 11.6 Å². The van der Waals surface area contributed by atoms with E-state index in [0.717, 1.165) is 31.1 Å². The summed E-state index contributed by atoms with van der Waals surface area (Å²) in [5.41, 5.74) is 8.48. The van der Waals surface area contributed by atoms with Crippen LogP contribution in [0.2, 0.25) is 5.02 Å². The van der Waals surface area contributed by atoms with Gasteiger partial charge in [0, 0.05) is 30.7 Å². The van der Waals surface area contributed by atoms with Gasteiger partial charge < -0.3 is 5.73 Å². The Bertz CT molecular complexity index is 349. The van der Waals surface area contributed by atoms with Crippen molar-refractivity contribution in [3.05, 3.63) is 34.3 Å². The summed E-state index contributed by atoms with van der Waals surface area (Å²) < 4.78 is 0. The molecule has 3 heteroatoms. The SMILES string of the molecule is CC(N)CN1CCc2c(Cl)cccc2C1. The third kappa shape index (κ3) is 2.51. The molecule has 2 nitrogen and oxygen atoms in total. The van der Waals surface area contributed by atoms with Crippen molar-refractivity contribution in [1.29, 1.82) is 0 Å². The molecule has 1 aromatic rings. The van der Waals surface area contributed by atoms with Crippen LogP contribution in [-0.2, 0) is 13.0 Å². The molecule has 2 rings (SSSR count). The molecule has 0 saturated carbocycles. The first-order valence-corrected chi connectivity index (χ1v) is 5.79. The van der Waals surface area contributed by atoms with E-state index in [1.807, 2.05) is 19.1 Å². The second kappa shape index (κ2) is 4.52. The fraction of sp³-hybridized carbons (Fsp3) is 0.500. The Morgan fingerprint density at radius 2 is 2.33 bits per heavy atom. The number of rotatable bonds is 2. The maximum Gasteiger partial charge on any atom is 0.0441 e. The number of fused-ring (bicyclic) bond motifs is 1. The van der Waals surface area contributed by atoms with Crippen LogP contribution in [-0.4, -0.2) is 24.0 Å². The van der Waals surface area contributed by atoms with Crippen LogP contribution in [0.25, 0.3) is 0 Å². The second-order valence-electron chi connectivity index (χ2n) is 4.34.